The Bertz CT molecular complexity index is 546. The average Bonchev–Trinajstić information content (AvgIpc) is 2.53. The molecule has 0 unspecified atom stereocenters. The van der Waals surface area contributed by atoms with Gasteiger partial charge < -0.3 is 9.47 Å². The molecule has 2 aromatic rings. The molecule has 0 atom stereocenters. The van der Waals surface area contributed by atoms with Crippen molar-refractivity contribution in [3.63, 3.8) is 0 Å². The van der Waals surface area contributed by atoms with Crippen LogP contribution in [-0.2, 0) is 11.4 Å². The lowest BCUT2D eigenvalue weighted by Crippen LogP contribution is -2.07. The van der Waals surface area contributed by atoms with E-state index in [-0.39, 0.29) is 5.97 Å². The first kappa shape index (κ1) is 15.1. The van der Waals surface area contributed by atoms with E-state index in [2.05, 4.69) is 0 Å². The highest BCUT2D eigenvalue weighted by atomic mass is 16.5. The van der Waals surface area contributed by atoms with E-state index in [9.17, 15) is 4.79 Å². The maximum absolute atomic E-state index is 11.5. The van der Waals surface area contributed by atoms with Gasteiger partial charge in [-0.2, -0.15) is 0 Å². The molecule has 0 radical (unpaired) electrons. The third-order valence-electron chi connectivity index (χ3n) is 3.04. The van der Waals surface area contributed by atoms with Gasteiger partial charge in [-0.15, -0.1) is 0 Å². The molecule has 0 bridgehead atoms. The number of esters is 1. The molecule has 21 heavy (non-hydrogen) atoms. The van der Waals surface area contributed by atoms with Gasteiger partial charge in [0.25, 0.3) is 0 Å². The predicted octanol–water partition coefficient (Wildman–Crippen LogP) is 4.36. The van der Waals surface area contributed by atoms with Gasteiger partial charge in [-0.05, 0) is 36.2 Å². The molecule has 0 aliphatic carbocycles. The largest absolute Gasteiger partial charge is 0.489 e. The second-order valence-corrected chi connectivity index (χ2v) is 4.82. The Kier molecular flexibility index (Phi) is 5.83. The second-order valence-electron chi connectivity index (χ2n) is 4.82. The molecular weight excluding hydrogens is 264 g/mol. The van der Waals surface area contributed by atoms with Gasteiger partial charge >= 0.3 is 5.97 Å². The van der Waals surface area contributed by atoms with Crippen LogP contribution >= 0.6 is 0 Å². The summed E-state index contributed by atoms with van der Waals surface area (Å²) in [6.45, 7) is 2.57. The van der Waals surface area contributed by atoms with Gasteiger partial charge in [-0.1, -0.05) is 43.7 Å². The highest BCUT2D eigenvalue weighted by Crippen LogP contribution is 2.19. The fourth-order valence-corrected chi connectivity index (χ4v) is 1.85. The fourth-order valence-electron chi connectivity index (χ4n) is 1.85. The molecule has 0 aliphatic heterocycles. The highest BCUT2D eigenvalue weighted by molar-refractivity contribution is 5.72. The van der Waals surface area contributed by atoms with Gasteiger partial charge in [-0.3, -0.25) is 4.79 Å². The molecular formula is C18H20O3. The molecule has 3 heteroatoms. The Morgan fingerprint density at radius 2 is 1.62 bits per heavy atom. The van der Waals surface area contributed by atoms with Crippen molar-refractivity contribution in [3.05, 3.63) is 60.2 Å². The van der Waals surface area contributed by atoms with E-state index in [0.717, 1.165) is 24.2 Å². The highest BCUT2D eigenvalue weighted by Gasteiger charge is 2.04. The molecule has 110 valence electrons. The molecule has 2 aromatic carbocycles. The molecule has 2 rings (SSSR count). The summed E-state index contributed by atoms with van der Waals surface area (Å²) in [5, 5.41) is 0. The Morgan fingerprint density at radius 3 is 2.29 bits per heavy atom. The molecule has 0 aliphatic rings. The van der Waals surface area contributed by atoms with Crippen LogP contribution in [0.5, 0.6) is 11.5 Å². The minimum atomic E-state index is -0.185. The predicted molar refractivity (Wildman–Crippen MR) is 82.4 cm³/mol. The van der Waals surface area contributed by atoms with Crippen LogP contribution in [0.15, 0.2) is 54.6 Å². The maximum atomic E-state index is 11.5. The van der Waals surface area contributed by atoms with Crippen molar-refractivity contribution in [2.75, 3.05) is 0 Å². The number of carbonyl (C=O) groups is 1. The number of ether oxygens (including phenoxy) is 2. The number of hydrogen-bond donors (Lipinski definition) is 0. The molecule has 0 fully saturated rings. The van der Waals surface area contributed by atoms with Gasteiger partial charge in [-0.25, -0.2) is 0 Å². The van der Waals surface area contributed by atoms with Crippen molar-refractivity contribution in [1.29, 1.82) is 0 Å². The van der Waals surface area contributed by atoms with Gasteiger partial charge in [0.2, 0.25) is 0 Å². The monoisotopic (exact) mass is 284 g/mol. The molecule has 0 aromatic heterocycles. The first-order valence-corrected chi connectivity index (χ1v) is 7.25. The summed E-state index contributed by atoms with van der Waals surface area (Å²) in [5.74, 6) is 1.13. The zero-order valence-corrected chi connectivity index (χ0v) is 12.2. The third-order valence-corrected chi connectivity index (χ3v) is 3.04. The van der Waals surface area contributed by atoms with Crippen molar-refractivity contribution >= 4 is 5.97 Å². The number of carbonyl (C=O) groups excluding carboxylic acids is 1. The first-order valence-electron chi connectivity index (χ1n) is 7.25. The Labute approximate surface area is 125 Å². The molecule has 0 saturated carbocycles. The summed E-state index contributed by atoms with van der Waals surface area (Å²) >= 11 is 0. The first-order chi connectivity index (χ1) is 10.3. The van der Waals surface area contributed by atoms with Crippen LogP contribution in [0.2, 0.25) is 0 Å². The number of hydrogen-bond acceptors (Lipinski definition) is 3. The minimum Gasteiger partial charge on any atom is -0.489 e. The van der Waals surface area contributed by atoms with E-state index in [1.165, 1.54) is 0 Å². The SMILES string of the molecule is CCCCC(=O)Oc1ccc(OCc2ccccc2)cc1. The molecule has 0 N–H and O–H groups in total. The quantitative estimate of drug-likeness (QED) is 0.559. The van der Waals surface area contributed by atoms with Crippen molar-refractivity contribution < 1.29 is 14.3 Å². The van der Waals surface area contributed by atoms with Crippen LogP contribution in [0.1, 0.15) is 31.7 Å². The maximum Gasteiger partial charge on any atom is 0.311 e. The standard InChI is InChI=1S/C18H20O3/c1-2-3-9-18(19)21-17-12-10-16(11-13-17)20-14-15-7-5-4-6-8-15/h4-8,10-13H,2-3,9,14H2,1H3. The van der Waals surface area contributed by atoms with E-state index in [1.54, 1.807) is 12.1 Å². The van der Waals surface area contributed by atoms with Gasteiger partial charge in [0.1, 0.15) is 18.1 Å². The number of rotatable bonds is 7. The van der Waals surface area contributed by atoms with Crippen molar-refractivity contribution in [2.45, 2.75) is 32.8 Å². The van der Waals surface area contributed by atoms with Crippen molar-refractivity contribution in [1.82, 2.24) is 0 Å². The lowest BCUT2D eigenvalue weighted by molar-refractivity contribution is -0.134. The van der Waals surface area contributed by atoms with E-state index < -0.39 is 0 Å². The Balaban J connectivity index is 1.83. The fraction of sp³-hybridized carbons (Fsp3) is 0.278. The Hall–Kier alpha value is -2.29. The smallest absolute Gasteiger partial charge is 0.311 e. The zero-order chi connectivity index (χ0) is 14.9. The summed E-state index contributed by atoms with van der Waals surface area (Å²) in [7, 11) is 0. The van der Waals surface area contributed by atoms with Crippen molar-refractivity contribution in [2.24, 2.45) is 0 Å². The summed E-state index contributed by atoms with van der Waals surface area (Å²) in [5.41, 5.74) is 1.12. The second kappa shape index (κ2) is 8.10. The molecule has 0 amide bonds. The molecule has 3 nitrogen and oxygen atoms in total. The molecule has 0 heterocycles. The van der Waals surface area contributed by atoms with Crippen LogP contribution in [0.25, 0.3) is 0 Å². The van der Waals surface area contributed by atoms with E-state index in [1.807, 2.05) is 49.4 Å². The van der Waals surface area contributed by atoms with Gasteiger partial charge in [0.15, 0.2) is 0 Å². The summed E-state index contributed by atoms with van der Waals surface area (Å²) in [4.78, 5) is 11.5. The van der Waals surface area contributed by atoms with Gasteiger partial charge in [0, 0.05) is 6.42 Å². The van der Waals surface area contributed by atoms with E-state index >= 15 is 0 Å². The normalized spacial score (nSPS) is 10.1. The molecule has 0 spiro atoms. The zero-order valence-electron chi connectivity index (χ0n) is 12.2. The van der Waals surface area contributed by atoms with E-state index in [4.69, 9.17) is 9.47 Å². The number of unbranched alkanes of at least 4 members (excludes halogenated alkanes) is 1. The van der Waals surface area contributed by atoms with E-state index in [0.29, 0.717) is 18.8 Å². The lowest BCUT2D eigenvalue weighted by atomic mass is 10.2. The average molecular weight is 284 g/mol. The summed E-state index contributed by atoms with van der Waals surface area (Å²) in [6, 6.07) is 17.1. The molecule has 0 saturated heterocycles. The number of benzene rings is 2. The van der Waals surface area contributed by atoms with Gasteiger partial charge in [0.05, 0.1) is 0 Å². The van der Waals surface area contributed by atoms with Crippen LogP contribution in [0.4, 0.5) is 0 Å². The van der Waals surface area contributed by atoms with Crippen molar-refractivity contribution in [3.8, 4) is 11.5 Å². The third kappa shape index (κ3) is 5.30. The minimum absolute atomic E-state index is 0.185. The summed E-state index contributed by atoms with van der Waals surface area (Å²) in [6.07, 6.45) is 2.31. The Morgan fingerprint density at radius 1 is 0.952 bits per heavy atom. The topological polar surface area (TPSA) is 35.5 Å². The summed E-state index contributed by atoms with van der Waals surface area (Å²) < 4.78 is 10.9. The van der Waals surface area contributed by atoms with Crippen LogP contribution < -0.4 is 9.47 Å². The van der Waals surface area contributed by atoms with Crippen LogP contribution in [-0.4, -0.2) is 5.97 Å². The van der Waals surface area contributed by atoms with Crippen LogP contribution in [0.3, 0.4) is 0 Å². The lowest BCUT2D eigenvalue weighted by Gasteiger charge is -2.08. The van der Waals surface area contributed by atoms with Crippen LogP contribution in [0, 0.1) is 0 Å².